The largest absolute Gasteiger partial charge is 0.493 e. The fraction of sp³-hybridized carbons (Fsp3) is 0.381. The third-order valence-electron chi connectivity index (χ3n) is 5.58. The molecule has 0 spiro atoms. The van der Waals surface area contributed by atoms with Crippen molar-refractivity contribution in [3.8, 4) is 17.1 Å². The van der Waals surface area contributed by atoms with Gasteiger partial charge in [-0.2, -0.15) is 0 Å². The molecule has 1 fully saturated rings. The molecule has 4 heterocycles. The summed E-state index contributed by atoms with van der Waals surface area (Å²) in [6.45, 7) is 3.55. The Morgan fingerprint density at radius 3 is 2.75 bits per heavy atom. The van der Waals surface area contributed by atoms with Crippen LogP contribution in [0.4, 0.5) is 4.39 Å². The van der Waals surface area contributed by atoms with E-state index in [1.807, 2.05) is 12.3 Å². The Bertz CT molecular complexity index is 963. The summed E-state index contributed by atoms with van der Waals surface area (Å²) < 4.78 is 18.6. The second kappa shape index (κ2) is 7.31. The number of ether oxygens (including phenoxy) is 1. The topological polar surface area (TPSA) is 66.9 Å². The van der Waals surface area contributed by atoms with E-state index in [4.69, 9.17) is 4.74 Å². The zero-order chi connectivity index (χ0) is 18.9. The van der Waals surface area contributed by atoms with Gasteiger partial charge < -0.3 is 9.72 Å². The van der Waals surface area contributed by atoms with Gasteiger partial charge in [-0.25, -0.2) is 19.3 Å². The number of H-pyrrole nitrogens is 1. The summed E-state index contributed by atoms with van der Waals surface area (Å²) in [5.74, 6) is 2.57. The van der Waals surface area contributed by atoms with Crippen molar-refractivity contribution in [2.75, 3.05) is 19.7 Å². The first-order valence-electron chi connectivity index (χ1n) is 9.74. The molecule has 3 aromatic rings. The average Bonchev–Trinajstić information content (AvgIpc) is 3.38. The Hall–Kier alpha value is -2.80. The highest BCUT2D eigenvalue weighted by molar-refractivity contribution is 5.59. The lowest BCUT2D eigenvalue weighted by Gasteiger charge is -2.30. The number of hydrogen-bond donors (Lipinski definition) is 1. The number of aromatic nitrogens is 4. The van der Waals surface area contributed by atoms with Gasteiger partial charge in [-0.05, 0) is 49.7 Å². The van der Waals surface area contributed by atoms with Crippen molar-refractivity contribution < 1.29 is 9.13 Å². The van der Waals surface area contributed by atoms with Gasteiger partial charge in [0.05, 0.1) is 19.0 Å². The minimum absolute atomic E-state index is 0.308. The van der Waals surface area contributed by atoms with E-state index in [1.165, 1.54) is 18.0 Å². The second-order valence-corrected chi connectivity index (χ2v) is 7.49. The number of imidazole rings is 1. The lowest BCUT2D eigenvalue weighted by Crippen LogP contribution is -2.33. The lowest BCUT2D eigenvalue weighted by atomic mass is 9.96. The Kier molecular flexibility index (Phi) is 4.52. The van der Waals surface area contributed by atoms with Crippen molar-refractivity contribution in [2.24, 2.45) is 0 Å². The molecule has 7 heteroatoms. The molecule has 0 atom stereocenters. The van der Waals surface area contributed by atoms with Crippen molar-refractivity contribution in [1.82, 2.24) is 24.8 Å². The number of benzene rings is 1. The highest BCUT2D eigenvalue weighted by Crippen LogP contribution is 2.30. The van der Waals surface area contributed by atoms with Gasteiger partial charge >= 0.3 is 0 Å². The van der Waals surface area contributed by atoms with Crippen molar-refractivity contribution in [1.29, 1.82) is 0 Å². The maximum Gasteiger partial charge on any atom is 0.159 e. The van der Waals surface area contributed by atoms with Crippen LogP contribution in [-0.2, 0) is 13.0 Å². The van der Waals surface area contributed by atoms with E-state index in [9.17, 15) is 4.39 Å². The van der Waals surface area contributed by atoms with Crippen molar-refractivity contribution in [3.05, 3.63) is 59.7 Å². The smallest absolute Gasteiger partial charge is 0.159 e. The number of fused-ring (bicyclic) bond motifs is 1. The van der Waals surface area contributed by atoms with Gasteiger partial charge in [0, 0.05) is 36.3 Å². The van der Waals surface area contributed by atoms with E-state index in [1.54, 1.807) is 0 Å². The molecule has 0 amide bonds. The van der Waals surface area contributed by atoms with Crippen LogP contribution in [0.1, 0.15) is 35.8 Å². The number of aromatic amines is 1. The minimum Gasteiger partial charge on any atom is -0.493 e. The van der Waals surface area contributed by atoms with Crippen LogP contribution in [0.5, 0.6) is 5.75 Å². The Morgan fingerprint density at radius 1 is 1.11 bits per heavy atom. The molecule has 2 aromatic heterocycles. The maximum atomic E-state index is 13.0. The molecule has 0 radical (unpaired) electrons. The van der Waals surface area contributed by atoms with Crippen LogP contribution in [0.25, 0.3) is 11.4 Å². The molecule has 28 heavy (non-hydrogen) atoms. The van der Waals surface area contributed by atoms with E-state index in [0.717, 1.165) is 74.2 Å². The second-order valence-electron chi connectivity index (χ2n) is 7.49. The van der Waals surface area contributed by atoms with Crippen LogP contribution < -0.4 is 4.74 Å². The third kappa shape index (κ3) is 3.49. The van der Waals surface area contributed by atoms with Gasteiger partial charge in [-0.15, -0.1) is 0 Å². The zero-order valence-corrected chi connectivity index (χ0v) is 15.6. The van der Waals surface area contributed by atoms with Crippen LogP contribution >= 0.6 is 0 Å². The highest BCUT2D eigenvalue weighted by atomic mass is 19.1. The molecule has 1 N–H and O–H groups in total. The van der Waals surface area contributed by atoms with Crippen LogP contribution in [0.2, 0.25) is 0 Å². The van der Waals surface area contributed by atoms with Gasteiger partial charge in [0.2, 0.25) is 0 Å². The van der Waals surface area contributed by atoms with Crippen molar-refractivity contribution in [2.45, 2.75) is 31.7 Å². The molecular formula is C21H22FN5O. The van der Waals surface area contributed by atoms with Crippen LogP contribution in [0.15, 0.2) is 36.8 Å². The molecule has 1 saturated heterocycles. The fourth-order valence-corrected chi connectivity index (χ4v) is 4.04. The molecule has 2 aliphatic heterocycles. The Balaban J connectivity index is 1.20. The number of halogens is 1. The van der Waals surface area contributed by atoms with Crippen molar-refractivity contribution in [3.63, 3.8) is 0 Å². The summed E-state index contributed by atoms with van der Waals surface area (Å²) >= 11 is 0. The Morgan fingerprint density at radius 2 is 1.93 bits per heavy atom. The third-order valence-corrected chi connectivity index (χ3v) is 5.58. The molecule has 1 aromatic carbocycles. The van der Waals surface area contributed by atoms with Crippen molar-refractivity contribution >= 4 is 0 Å². The summed E-state index contributed by atoms with van der Waals surface area (Å²) in [5.41, 5.74) is 3.46. The average molecular weight is 379 g/mol. The van der Waals surface area contributed by atoms with E-state index in [0.29, 0.717) is 5.92 Å². The predicted octanol–water partition coefficient (Wildman–Crippen LogP) is 3.32. The summed E-state index contributed by atoms with van der Waals surface area (Å²) in [6, 6.07) is 6.25. The SMILES string of the molecule is Fc1cnc(C2CCN(Cc3cnc(-c4ccc5c(c4)CCO5)[nH]3)CC2)nc1. The van der Waals surface area contributed by atoms with Gasteiger partial charge in [-0.1, -0.05) is 0 Å². The fourth-order valence-electron chi connectivity index (χ4n) is 4.04. The predicted molar refractivity (Wildman–Crippen MR) is 102 cm³/mol. The summed E-state index contributed by atoms with van der Waals surface area (Å²) in [5, 5.41) is 0. The van der Waals surface area contributed by atoms with Gasteiger partial charge in [-0.3, -0.25) is 4.90 Å². The molecule has 0 aliphatic carbocycles. The summed E-state index contributed by atoms with van der Waals surface area (Å²) in [4.78, 5) is 18.7. The number of piperidine rings is 1. The van der Waals surface area contributed by atoms with Crippen LogP contribution in [0, 0.1) is 5.82 Å². The monoisotopic (exact) mass is 379 g/mol. The molecular weight excluding hydrogens is 357 g/mol. The first-order chi connectivity index (χ1) is 13.7. The normalized spacial score (nSPS) is 17.5. The number of nitrogens with one attached hydrogen (secondary N) is 1. The lowest BCUT2D eigenvalue weighted by molar-refractivity contribution is 0.200. The van der Waals surface area contributed by atoms with Gasteiger partial charge in [0.15, 0.2) is 5.82 Å². The molecule has 2 aliphatic rings. The molecule has 144 valence electrons. The van der Waals surface area contributed by atoms with Crippen LogP contribution in [0.3, 0.4) is 0 Å². The van der Waals surface area contributed by atoms with Crippen LogP contribution in [-0.4, -0.2) is 44.5 Å². The molecule has 0 bridgehead atoms. The number of likely N-dealkylation sites (tertiary alicyclic amines) is 1. The minimum atomic E-state index is -0.382. The van der Waals surface area contributed by atoms with E-state index >= 15 is 0 Å². The van der Waals surface area contributed by atoms with E-state index in [-0.39, 0.29) is 5.82 Å². The maximum absolute atomic E-state index is 13.0. The number of rotatable bonds is 4. The van der Waals surface area contributed by atoms with Gasteiger partial charge in [0.25, 0.3) is 0 Å². The quantitative estimate of drug-likeness (QED) is 0.753. The van der Waals surface area contributed by atoms with E-state index in [2.05, 4.69) is 37.0 Å². The Labute approximate surface area is 162 Å². The highest BCUT2D eigenvalue weighted by Gasteiger charge is 2.23. The van der Waals surface area contributed by atoms with Gasteiger partial charge in [0.1, 0.15) is 17.4 Å². The number of hydrogen-bond acceptors (Lipinski definition) is 5. The number of nitrogens with zero attached hydrogens (tertiary/aromatic N) is 4. The molecule has 5 rings (SSSR count). The summed E-state index contributed by atoms with van der Waals surface area (Å²) in [7, 11) is 0. The first-order valence-corrected chi connectivity index (χ1v) is 9.74. The first kappa shape index (κ1) is 17.3. The molecule has 0 unspecified atom stereocenters. The summed E-state index contributed by atoms with van der Waals surface area (Å²) in [6.07, 6.45) is 7.37. The molecule has 6 nitrogen and oxygen atoms in total. The zero-order valence-electron chi connectivity index (χ0n) is 15.6. The standard InChI is InChI=1S/C21H22FN5O/c22-17-10-23-20(24-11-17)14-3-6-27(7-4-14)13-18-12-25-21(26-18)16-1-2-19-15(9-16)5-8-28-19/h1-2,9-12,14H,3-8,13H2,(H,25,26). The van der Waals surface area contributed by atoms with E-state index < -0.39 is 0 Å². The molecule has 0 saturated carbocycles.